The number of aromatic nitrogens is 2. The summed E-state index contributed by atoms with van der Waals surface area (Å²) in [5.41, 5.74) is -0.434. The summed E-state index contributed by atoms with van der Waals surface area (Å²) in [6.07, 6.45) is 2.23. The number of likely N-dealkylation sites (tertiary alicyclic amines) is 1. The van der Waals surface area contributed by atoms with Crippen molar-refractivity contribution >= 4 is 23.8 Å². The van der Waals surface area contributed by atoms with Crippen LogP contribution in [0.1, 0.15) is 41.2 Å². The molecule has 1 saturated heterocycles. The van der Waals surface area contributed by atoms with Crippen molar-refractivity contribution in [3.8, 4) is 0 Å². The number of rotatable bonds is 6. The zero-order valence-corrected chi connectivity index (χ0v) is 13.7. The predicted octanol–water partition coefficient (Wildman–Crippen LogP) is -0.385. The molecule has 10 heteroatoms. The summed E-state index contributed by atoms with van der Waals surface area (Å²) < 4.78 is 0. The van der Waals surface area contributed by atoms with Crippen LogP contribution in [0.3, 0.4) is 0 Å². The van der Waals surface area contributed by atoms with Gasteiger partial charge in [0.05, 0.1) is 12.4 Å². The van der Waals surface area contributed by atoms with Crippen LogP contribution in [0.15, 0.2) is 12.4 Å². The molecule has 2 amide bonds. The molecule has 0 aromatic carbocycles. The maximum atomic E-state index is 12.4. The van der Waals surface area contributed by atoms with Crippen molar-refractivity contribution in [2.75, 3.05) is 6.54 Å². The van der Waals surface area contributed by atoms with Crippen molar-refractivity contribution in [2.24, 2.45) is 5.92 Å². The molecule has 2 atom stereocenters. The Morgan fingerprint density at radius 1 is 1.20 bits per heavy atom. The second-order valence-corrected chi connectivity index (χ2v) is 5.97. The normalized spacial score (nSPS) is 18.3. The highest BCUT2D eigenvalue weighted by Crippen LogP contribution is 2.20. The molecule has 0 spiro atoms. The molecule has 0 saturated carbocycles. The van der Waals surface area contributed by atoms with Crippen LogP contribution < -0.4 is 5.32 Å². The standard InChI is InChI=1S/C15H18N4O6/c1-7(2)11(15(24)25)19-4-3-8(13(19)21)18-12(20)9-5-17-10(6-16-9)14(22)23/h5-8,11H,3-4H2,1-2H3,(H,18,20)(H,22,23)(H,24,25). The first kappa shape index (κ1) is 18.3. The number of aromatic carboxylic acids is 1. The summed E-state index contributed by atoms with van der Waals surface area (Å²) in [4.78, 5) is 55.1. The van der Waals surface area contributed by atoms with Gasteiger partial charge < -0.3 is 20.4 Å². The van der Waals surface area contributed by atoms with Gasteiger partial charge in [0.25, 0.3) is 5.91 Å². The lowest BCUT2D eigenvalue weighted by Crippen LogP contribution is -2.49. The molecule has 1 aromatic heterocycles. The molecule has 1 aliphatic rings. The second kappa shape index (κ2) is 7.24. The van der Waals surface area contributed by atoms with Crippen molar-refractivity contribution < 1.29 is 29.4 Å². The van der Waals surface area contributed by atoms with Crippen LogP contribution in [0.25, 0.3) is 0 Å². The van der Waals surface area contributed by atoms with Gasteiger partial charge in [-0.25, -0.2) is 19.6 Å². The van der Waals surface area contributed by atoms with E-state index in [0.717, 1.165) is 12.4 Å². The fourth-order valence-corrected chi connectivity index (χ4v) is 2.68. The van der Waals surface area contributed by atoms with E-state index in [0.29, 0.717) is 0 Å². The summed E-state index contributed by atoms with van der Waals surface area (Å²) in [6.45, 7) is 3.64. The van der Waals surface area contributed by atoms with Gasteiger partial charge in [0, 0.05) is 6.54 Å². The van der Waals surface area contributed by atoms with Gasteiger partial charge in [-0.1, -0.05) is 13.8 Å². The van der Waals surface area contributed by atoms with Crippen LogP contribution in [0.2, 0.25) is 0 Å². The van der Waals surface area contributed by atoms with Gasteiger partial charge in [0.1, 0.15) is 17.8 Å². The Kier molecular flexibility index (Phi) is 5.30. The van der Waals surface area contributed by atoms with Gasteiger partial charge in [-0.3, -0.25) is 9.59 Å². The van der Waals surface area contributed by atoms with Crippen molar-refractivity contribution in [1.82, 2.24) is 20.2 Å². The van der Waals surface area contributed by atoms with Crippen molar-refractivity contribution in [3.63, 3.8) is 0 Å². The minimum absolute atomic E-state index is 0.130. The Morgan fingerprint density at radius 3 is 2.28 bits per heavy atom. The lowest BCUT2D eigenvalue weighted by atomic mass is 10.0. The fourth-order valence-electron chi connectivity index (χ4n) is 2.68. The van der Waals surface area contributed by atoms with Crippen molar-refractivity contribution in [2.45, 2.75) is 32.4 Å². The third kappa shape index (κ3) is 3.90. The molecule has 1 aromatic rings. The molecule has 25 heavy (non-hydrogen) atoms. The molecule has 2 rings (SSSR count). The number of carbonyl (C=O) groups is 4. The largest absolute Gasteiger partial charge is 0.480 e. The Balaban J connectivity index is 2.06. The minimum Gasteiger partial charge on any atom is -0.480 e. The van der Waals surface area contributed by atoms with Crippen LogP contribution in [0.5, 0.6) is 0 Å². The molecule has 134 valence electrons. The maximum Gasteiger partial charge on any atom is 0.356 e. The van der Waals surface area contributed by atoms with Crippen LogP contribution in [0.4, 0.5) is 0 Å². The molecule has 3 N–H and O–H groups in total. The molecule has 1 fully saturated rings. The first-order valence-corrected chi connectivity index (χ1v) is 7.62. The number of carboxylic acid groups (broad SMARTS) is 2. The number of aliphatic carboxylic acids is 1. The summed E-state index contributed by atoms with van der Waals surface area (Å²) in [6, 6.07) is -1.81. The number of hydrogen-bond acceptors (Lipinski definition) is 6. The Morgan fingerprint density at radius 2 is 1.80 bits per heavy atom. The first-order valence-electron chi connectivity index (χ1n) is 7.62. The highest BCUT2D eigenvalue weighted by atomic mass is 16.4. The minimum atomic E-state index is -1.27. The highest BCUT2D eigenvalue weighted by Gasteiger charge is 2.41. The maximum absolute atomic E-state index is 12.4. The number of nitrogens with one attached hydrogen (secondary N) is 1. The Bertz CT molecular complexity index is 702. The zero-order chi connectivity index (χ0) is 18.7. The van der Waals surface area contributed by atoms with E-state index in [1.54, 1.807) is 13.8 Å². The van der Waals surface area contributed by atoms with Crippen LogP contribution in [-0.2, 0) is 9.59 Å². The molecule has 0 bridgehead atoms. The topological polar surface area (TPSA) is 150 Å². The summed E-state index contributed by atoms with van der Waals surface area (Å²) in [5, 5.41) is 20.5. The van der Waals surface area contributed by atoms with E-state index in [2.05, 4.69) is 15.3 Å². The molecular formula is C15H18N4O6. The molecule has 10 nitrogen and oxygen atoms in total. The Labute approximate surface area is 142 Å². The first-order chi connectivity index (χ1) is 11.7. The molecule has 2 heterocycles. The van der Waals surface area contributed by atoms with E-state index < -0.39 is 35.8 Å². The average Bonchev–Trinajstić information content (AvgIpc) is 2.88. The lowest BCUT2D eigenvalue weighted by Gasteiger charge is -2.27. The van der Waals surface area contributed by atoms with E-state index in [4.69, 9.17) is 5.11 Å². The van der Waals surface area contributed by atoms with Gasteiger partial charge in [-0.2, -0.15) is 0 Å². The molecule has 2 unspecified atom stereocenters. The van der Waals surface area contributed by atoms with Gasteiger partial charge in [0.2, 0.25) is 5.91 Å². The Hall–Kier alpha value is -3.04. The molecule has 0 aliphatic carbocycles. The SMILES string of the molecule is CC(C)C(C(=O)O)N1CCC(NC(=O)c2cnc(C(=O)O)cn2)C1=O. The predicted molar refractivity (Wildman–Crippen MR) is 82.8 cm³/mol. The number of nitrogens with zero attached hydrogens (tertiary/aromatic N) is 3. The summed E-state index contributed by atoms with van der Waals surface area (Å²) >= 11 is 0. The van der Waals surface area contributed by atoms with E-state index in [9.17, 15) is 24.3 Å². The monoisotopic (exact) mass is 350 g/mol. The number of amides is 2. The number of carbonyl (C=O) groups excluding carboxylic acids is 2. The fraction of sp³-hybridized carbons (Fsp3) is 0.467. The van der Waals surface area contributed by atoms with Crippen LogP contribution in [0, 0.1) is 5.92 Å². The van der Waals surface area contributed by atoms with Gasteiger partial charge in [0.15, 0.2) is 5.69 Å². The highest BCUT2D eigenvalue weighted by molar-refractivity contribution is 5.97. The van der Waals surface area contributed by atoms with Gasteiger partial charge >= 0.3 is 11.9 Å². The smallest absolute Gasteiger partial charge is 0.356 e. The number of hydrogen-bond donors (Lipinski definition) is 3. The molecule has 0 radical (unpaired) electrons. The van der Waals surface area contributed by atoms with Crippen molar-refractivity contribution in [1.29, 1.82) is 0 Å². The quantitative estimate of drug-likeness (QED) is 0.628. The molecule has 1 aliphatic heterocycles. The summed E-state index contributed by atoms with van der Waals surface area (Å²) in [5.74, 6) is -3.78. The van der Waals surface area contributed by atoms with E-state index in [-0.39, 0.29) is 30.3 Å². The van der Waals surface area contributed by atoms with Gasteiger partial charge in [-0.15, -0.1) is 0 Å². The average molecular weight is 350 g/mol. The lowest BCUT2D eigenvalue weighted by molar-refractivity contribution is -0.150. The van der Waals surface area contributed by atoms with Crippen LogP contribution in [-0.4, -0.2) is 67.5 Å². The molecular weight excluding hydrogens is 332 g/mol. The van der Waals surface area contributed by atoms with E-state index in [1.165, 1.54) is 4.90 Å². The van der Waals surface area contributed by atoms with Gasteiger partial charge in [-0.05, 0) is 12.3 Å². The van der Waals surface area contributed by atoms with Crippen molar-refractivity contribution in [3.05, 3.63) is 23.8 Å². The van der Waals surface area contributed by atoms with E-state index in [1.807, 2.05) is 0 Å². The second-order valence-electron chi connectivity index (χ2n) is 5.97. The van der Waals surface area contributed by atoms with Crippen LogP contribution >= 0.6 is 0 Å². The summed E-state index contributed by atoms with van der Waals surface area (Å²) in [7, 11) is 0. The van der Waals surface area contributed by atoms with E-state index >= 15 is 0 Å². The zero-order valence-electron chi connectivity index (χ0n) is 13.7. The number of carboxylic acids is 2. The third-order valence-corrected chi connectivity index (χ3v) is 3.87. The third-order valence-electron chi connectivity index (χ3n) is 3.87.